The first-order chi connectivity index (χ1) is 9.80. The molecule has 6 nitrogen and oxygen atoms in total. The summed E-state index contributed by atoms with van der Waals surface area (Å²) < 4.78 is 2.04. The topological polar surface area (TPSA) is 68.5 Å². The molecule has 0 fully saturated rings. The second-order valence-corrected chi connectivity index (χ2v) is 6.12. The van der Waals surface area contributed by atoms with Crippen LogP contribution in [0.2, 0.25) is 0 Å². The molecule has 2 aromatic heterocycles. The zero-order valence-corrected chi connectivity index (χ0v) is 12.8. The van der Waals surface area contributed by atoms with Gasteiger partial charge in [-0.25, -0.2) is 9.67 Å². The highest BCUT2D eigenvalue weighted by molar-refractivity contribution is 7.15. The molecule has 2 aromatic rings. The van der Waals surface area contributed by atoms with Crippen LogP contribution in [0.25, 0.3) is 0 Å². The standard InChI is InChI=1S/C13H20N6S/c1-3-6-11-16-17-13(20-11)14-9-7-5-8-19-12(9)15-10(4-2)18-19/h9H,3-8H2,1-2H3,(H,14,17)/t9-/m0/s1. The number of aromatic nitrogens is 5. The Labute approximate surface area is 122 Å². The van der Waals surface area contributed by atoms with Crippen LogP contribution in [0, 0.1) is 0 Å². The molecule has 20 heavy (non-hydrogen) atoms. The van der Waals surface area contributed by atoms with E-state index in [0.29, 0.717) is 0 Å². The highest BCUT2D eigenvalue weighted by atomic mass is 32.1. The number of aryl methyl sites for hydroxylation is 3. The van der Waals surface area contributed by atoms with Crippen LogP contribution >= 0.6 is 11.3 Å². The molecule has 3 heterocycles. The molecule has 3 rings (SSSR count). The second-order valence-electron chi connectivity index (χ2n) is 5.05. The summed E-state index contributed by atoms with van der Waals surface area (Å²) in [5.41, 5.74) is 0. The summed E-state index contributed by atoms with van der Waals surface area (Å²) in [6.45, 7) is 5.22. The highest BCUT2D eigenvalue weighted by Crippen LogP contribution is 2.28. The number of fused-ring (bicyclic) bond motifs is 1. The van der Waals surface area contributed by atoms with Gasteiger partial charge in [0.05, 0.1) is 6.04 Å². The number of anilines is 1. The largest absolute Gasteiger partial charge is 0.350 e. The van der Waals surface area contributed by atoms with E-state index in [-0.39, 0.29) is 6.04 Å². The fraction of sp³-hybridized carbons (Fsp3) is 0.692. The van der Waals surface area contributed by atoms with Crippen LogP contribution in [0.1, 0.15) is 55.8 Å². The lowest BCUT2D eigenvalue weighted by atomic mass is 10.1. The van der Waals surface area contributed by atoms with E-state index < -0.39 is 0 Å². The smallest absolute Gasteiger partial charge is 0.206 e. The average molecular weight is 292 g/mol. The quantitative estimate of drug-likeness (QED) is 0.917. The lowest BCUT2D eigenvalue weighted by molar-refractivity contribution is 0.437. The van der Waals surface area contributed by atoms with Gasteiger partial charge in [-0.1, -0.05) is 25.2 Å². The van der Waals surface area contributed by atoms with E-state index in [9.17, 15) is 0 Å². The molecule has 0 aliphatic carbocycles. The SMILES string of the molecule is CCCc1nnc(N[C@H]2CCCn3nc(CC)nc32)s1. The van der Waals surface area contributed by atoms with E-state index in [2.05, 4.69) is 39.4 Å². The summed E-state index contributed by atoms with van der Waals surface area (Å²) in [6, 6.07) is 0.207. The Morgan fingerprint density at radius 3 is 3.05 bits per heavy atom. The average Bonchev–Trinajstić information content (AvgIpc) is 3.06. The van der Waals surface area contributed by atoms with E-state index in [0.717, 1.165) is 60.4 Å². The second kappa shape index (κ2) is 5.87. The Bertz CT molecular complexity index is 575. The van der Waals surface area contributed by atoms with Gasteiger partial charge in [-0.05, 0) is 19.3 Å². The lowest BCUT2D eigenvalue weighted by Gasteiger charge is -2.22. The Kier molecular flexibility index (Phi) is 3.95. The molecule has 0 radical (unpaired) electrons. The normalized spacial score (nSPS) is 18.0. The molecule has 0 saturated carbocycles. The maximum absolute atomic E-state index is 4.64. The van der Waals surface area contributed by atoms with Gasteiger partial charge in [0.2, 0.25) is 5.13 Å². The van der Waals surface area contributed by atoms with Crippen molar-refractivity contribution in [3.63, 3.8) is 0 Å². The molecule has 0 spiro atoms. The maximum atomic E-state index is 4.64. The molecule has 0 saturated heterocycles. The van der Waals surface area contributed by atoms with E-state index >= 15 is 0 Å². The number of hydrogen-bond donors (Lipinski definition) is 1. The maximum Gasteiger partial charge on any atom is 0.206 e. The van der Waals surface area contributed by atoms with Gasteiger partial charge >= 0.3 is 0 Å². The van der Waals surface area contributed by atoms with Gasteiger partial charge in [-0.15, -0.1) is 10.2 Å². The van der Waals surface area contributed by atoms with Gasteiger partial charge in [0.25, 0.3) is 0 Å². The van der Waals surface area contributed by atoms with Crippen molar-refractivity contribution in [3.05, 3.63) is 16.7 Å². The van der Waals surface area contributed by atoms with Crippen molar-refractivity contribution >= 4 is 16.5 Å². The zero-order chi connectivity index (χ0) is 13.9. The molecule has 0 bridgehead atoms. The van der Waals surface area contributed by atoms with Gasteiger partial charge in [0.1, 0.15) is 10.8 Å². The van der Waals surface area contributed by atoms with E-state index in [4.69, 9.17) is 0 Å². The Balaban J connectivity index is 1.76. The molecular formula is C13H20N6S. The van der Waals surface area contributed by atoms with Gasteiger partial charge in [0, 0.05) is 19.4 Å². The number of hydrogen-bond acceptors (Lipinski definition) is 6. The Morgan fingerprint density at radius 2 is 2.25 bits per heavy atom. The Hall–Kier alpha value is -1.50. The first kappa shape index (κ1) is 13.5. The fourth-order valence-corrected chi connectivity index (χ4v) is 3.36. The summed E-state index contributed by atoms with van der Waals surface area (Å²) in [5.74, 6) is 1.97. The molecule has 0 unspecified atom stereocenters. The molecule has 1 aliphatic rings. The summed E-state index contributed by atoms with van der Waals surface area (Å²) in [7, 11) is 0. The third-order valence-electron chi connectivity index (χ3n) is 3.46. The van der Waals surface area contributed by atoms with Gasteiger partial charge in [-0.2, -0.15) is 5.10 Å². The van der Waals surface area contributed by atoms with Crippen molar-refractivity contribution in [3.8, 4) is 0 Å². The fourth-order valence-electron chi connectivity index (χ4n) is 2.46. The number of nitrogens with zero attached hydrogens (tertiary/aromatic N) is 5. The number of rotatable bonds is 5. The van der Waals surface area contributed by atoms with Crippen LogP contribution < -0.4 is 5.32 Å². The molecule has 0 amide bonds. The number of nitrogens with one attached hydrogen (secondary N) is 1. The van der Waals surface area contributed by atoms with Gasteiger partial charge in [-0.3, -0.25) is 0 Å². The summed E-state index contributed by atoms with van der Waals surface area (Å²) in [4.78, 5) is 4.64. The highest BCUT2D eigenvalue weighted by Gasteiger charge is 2.24. The monoisotopic (exact) mass is 292 g/mol. The third-order valence-corrected chi connectivity index (χ3v) is 4.38. The molecule has 1 N–H and O–H groups in total. The zero-order valence-electron chi connectivity index (χ0n) is 12.0. The van der Waals surface area contributed by atoms with Crippen molar-refractivity contribution in [1.82, 2.24) is 25.0 Å². The van der Waals surface area contributed by atoms with Gasteiger partial charge < -0.3 is 5.32 Å². The molecule has 0 aromatic carbocycles. The Morgan fingerprint density at radius 1 is 1.35 bits per heavy atom. The van der Waals surface area contributed by atoms with Crippen LogP contribution in [-0.4, -0.2) is 25.0 Å². The van der Waals surface area contributed by atoms with E-state index in [1.807, 2.05) is 4.68 Å². The van der Waals surface area contributed by atoms with Crippen molar-refractivity contribution in [2.75, 3.05) is 5.32 Å². The molecule has 7 heteroatoms. The van der Waals surface area contributed by atoms with Crippen LogP contribution in [0.3, 0.4) is 0 Å². The predicted octanol–water partition coefficient (Wildman–Crippen LogP) is 2.59. The molecular weight excluding hydrogens is 272 g/mol. The summed E-state index contributed by atoms with van der Waals surface area (Å²) in [5, 5.41) is 18.4. The summed E-state index contributed by atoms with van der Waals surface area (Å²) >= 11 is 1.65. The predicted molar refractivity (Wildman–Crippen MR) is 78.9 cm³/mol. The minimum atomic E-state index is 0.207. The molecule has 1 aliphatic heterocycles. The van der Waals surface area contributed by atoms with Crippen LogP contribution in [0.4, 0.5) is 5.13 Å². The first-order valence-corrected chi connectivity index (χ1v) is 8.14. The first-order valence-electron chi connectivity index (χ1n) is 7.32. The third kappa shape index (κ3) is 2.67. The van der Waals surface area contributed by atoms with Crippen molar-refractivity contribution in [2.24, 2.45) is 0 Å². The van der Waals surface area contributed by atoms with E-state index in [1.165, 1.54) is 0 Å². The van der Waals surface area contributed by atoms with Crippen molar-refractivity contribution in [1.29, 1.82) is 0 Å². The van der Waals surface area contributed by atoms with Gasteiger partial charge in [0.15, 0.2) is 5.82 Å². The van der Waals surface area contributed by atoms with Crippen molar-refractivity contribution in [2.45, 2.75) is 58.5 Å². The minimum absolute atomic E-state index is 0.207. The van der Waals surface area contributed by atoms with E-state index in [1.54, 1.807) is 11.3 Å². The lowest BCUT2D eigenvalue weighted by Crippen LogP contribution is -2.22. The van der Waals surface area contributed by atoms with Crippen LogP contribution in [0.15, 0.2) is 0 Å². The van der Waals surface area contributed by atoms with Crippen LogP contribution in [-0.2, 0) is 19.4 Å². The minimum Gasteiger partial charge on any atom is -0.350 e. The molecule has 108 valence electrons. The molecule has 1 atom stereocenters. The van der Waals surface area contributed by atoms with Crippen molar-refractivity contribution < 1.29 is 0 Å². The summed E-state index contributed by atoms with van der Waals surface area (Å²) in [6.07, 6.45) is 5.18. The van der Waals surface area contributed by atoms with Crippen LogP contribution in [0.5, 0.6) is 0 Å².